The van der Waals surface area contributed by atoms with E-state index in [0.717, 1.165) is 18.6 Å². The number of aromatic carboxylic acids is 2. The van der Waals surface area contributed by atoms with E-state index >= 15 is 0 Å². The van der Waals surface area contributed by atoms with Gasteiger partial charge in [0.25, 0.3) is 11.7 Å². The van der Waals surface area contributed by atoms with Crippen LogP contribution >= 0.6 is 0 Å². The number of Topliss-reactive ketones (excluding diaryl/α,β-unsaturated/α-hetero) is 2. The van der Waals surface area contributed by atoms with E-state index in [9.17, 15) is 39.0 Å². The van der Waals surface area contributed by atoms with Gasteiger partial charge in [0.15, 0.2) is 0 Å². The number of ketones is 2. The molecule has 3 rings (SSSR count). The molecule has 0 aromatic carbocycles. The van der Waals surface area contributed by atoms with Crippen LogP contribution in [0.3, 0.4) is 0 Å². The summed E-state index contributed by atoms with van der Waals surface area (Å²) >= 11 is 0. The number of carbonyl (C=O) groups excluding carboxylic acids is 4. The molecule has 16 nitrogen and oxygen atoms in total. The lowest BCUT2D eigenvalue weighted by Gasteiger charge is -2.17. The molecular formula is C27H32N4O12. The van der Waals surface area contributed by atoms with Crippen LogP contribution in [0.2, 0.25) is 0 Å². The SMILES string of the molecule is CCCC(=O)NCCCOCCOCCOCCONC(=O)c1cc(C(=O)O)c2c(n1)C(=O)C(=O)c1cc(C(=O)O)[nH]c1-2. The highest BCUT2D eigenvalue weighted by Crippen LogP contribution is 2.35. The first-order chi connectivity index (χ1) is 20.6. The van der Waals surface area contributed by atoms with E-state index in [1.54, 1.807) is 0 Å². The Hall–Kier alpha value is -4.51. The van der Waals surface area contributed by atoms with E-state index < -0.39 is 52.1 Å². The molecule has 0 bridgehead atoms. The minimum atomic E-state index is -1.54. The van der Waals surface area contributed by atoms with Crippen LogP contribution in [0.1, 0.15) is 78.4 Å². The average Bonchev–Trinajstić information content (AvgIpc) is 3.43. The zero-order valence-electron chi connectivity index (χ0n) is 23.4. The van der Waals surface area contributed by atoms with Crippen LogP contribution in [-0.4, -0.2) is 108 Å². The molecule has 0 fully saturated rings. The van der Waals surface area contributed by atoms with E-state index in [4.69, 9.17) is 19.0 Å². The van der Waals surface area contributed by atoms with Crippen molar-refractivity contribution in [2.24, 2.45) is 0 Å². The molecule has 1 aliphatic carbocycles. The second-order valence-corrected chi connectivity index (χ2v) is 9.09. The number of hydrogen-bond acceptors (Lipinski definition) is 11. The third-order valence-electron chi connectivity index (χ3n) is 5.95. The minimum absolute atomic E-state index is 0.0345. The number of hydroxylamine groups is 1. The van der Waals surface area contributed by atoms with Gasteiger partial charge >= 0.3 is 11.9 Å². The number of aromatic amines is 1. The minimum Gasteiger partial charge on any atom is -0.478 e. The first-order valence-corrected chi connectivity index (χ1v) is 13.4. The third kappa shape index (κ3) is 8.99. The van der Waals surface area contributed by atoms with Gasteiger partial charge < -0.3 is 34.7 Å². The lowest BCUT2D eigenvalue weighted by Crippen LogP contribution is -2.30. The smallest absolute Gasteiger partial charge is 0.352 e. The summed E-state index contributed by atoms with van der Waals surface area (Å²) in [5, 5.41) is 21.7. The van der Waals surface area contributed by atoms with Crippen molar-refractivity contribution in [1.29, 1.82) is 0 Å². The van der Waals surface area contributed by atoms with Crippen LogP contribution in [0.4, 0.5) is 0 Å². The lowest BCUT2D eigenvalue weighted by atomic mass is 9.88. The van der Waals surface area contributed by atoms with Gasteiger partial charge in [-0.05, 0) is 25.0 Å². The first-order valence-electron chi connectivity index (χ1n) is 13.4. The Labute approximate surface area is 245 Å². The fourth-order valence-corrected chi connectivity index (χ4v) is 3.95. The highest BCUT2D eigenvalue weighted by Gasteiger charge is 2.38. The summed E-state index contributed by atoms with van der Waals surface area (Å²) in [6, 6.07) is 1.82. The predicted octanol–water partition coefficient (Wildman–Crippen LogP) is 0.870. The molecule has 16 heteroatoms. The number of nitrogens with one attached hydrogen (secondary N) is 3. The maximum atomic E-state index is 12.7. The Bertz CT molecular complexity index is 1370. The summed E-state index contributed by atoms with van der Waals surface area (Å²) in [5.74, 6) is -6.20. The van der Waals surface area contributed by atoms with Crippen molar-refractivity contribution in [3.05, 3.63) is 40.3 Å². The maximum absolute atomic E-state index is 12.7. The number of fused-ring (bicyclic) bond motifs is 3. The van der Waals surface area contributed by atoms with E-state index in [1.807, 2.05) is 6.92 Å². The quantitative estimate of drug-likeness (QED) is 0.0852. The van der Waals surface area contributed by atoms with Gasteiger partial charge in [-0.2, -0.15) is 0 Å². The van der Waals surface area contributed by atoms with Crippen molar-refractivity contribution in [3.63, 3.8) is 0 Å². The highest BCUT2D eigenvalue weighted by atomic mass is 16.7. The summed E-state index contributed by atoms with van der Waals surface area (Å²) < 4.78 is 16.1. The largest absolute Gasteiger partial charge is 0.478 e. The van der Waals surface area contributed by atoms with Crippen LogP contribution in [-0.2, 0) is 23.8 Å². The summed E-state index contributed by atoms with van der Waals surface area (Å²) in [4.78, 5) is 83.7. The molecule has 0 saturated heterocycles. The summed E-state index contributed by atoms with van der Waals surface area (Å²) in [5.41, 5.74) is -0.818. The Morgan fingerprint density at radius 2 is 1.53 bits per heavy atom. The molecule has 2 aromatic heterocycles. The summed E-state index contributed by atoms with van der Waals surface area (Å²) in [6.45, 7) is 4.31. The van der Waals surface area contributed by atoms with Crippen molar-refractivity contribution in [2.45, 2.75) is 26.2 Å². The predicted molar refractivity (Wildman–Crippen MR) is 145 cm³/mol. The second kappa shape index (κ2) is 16.2. The van der Waals surface area contributed by atoms with Crippen molar-refractivity contribution < 1.29 is 58.0 Å². The molecule has 0 atom stereocenters. The number of hydrogen-bond donors (Lipinski definition) is 5. The molecule has 2 amide bonds. The number of amides is 2. The number of rotatable bonds is 19. The van der Waals surface area contributed by atoms with Gasteiger partial charge in [-0.3, -0.25) is 24.0 Å². The Kier molecular flexibility index (Phi) is 12.4. The fraction of sp³-hybridized carbons (Fsp3) is 0.444. The Morgan fingerprint density at radius 1 is 0.884 bits per heavy atom. The molecule has 0 radical (unpaired) electrons. The fourth-order valence-electron chi connectivity index (χ4n) is 3.95. The number of aromatic nitrogens is 2. The maximum Gasteiger partial charge on any atom is 0.352 e. The number of carboxylic acids is 2. The molecule has 0 saturated carbocycles. The lowest BCUT2D eigenvalue weighted by molar-refractivity contribution is -0.121. The van der Waals surface area contributed by atoms with Gasteiger partial charge in [0.1, 0.15) is 17.1 Å². The Balaban J connectivity index is 1.38. The standard InChI is InChI=1S/C27H32N4O12/c1-2-4-19(32)28-5-3-6-40-7-8-41-9-10-42-11-12-43-31-25(35)17-13-15(26(36)37)20-21-16(14-18(30-21)27(38)39)23(33)24(34)22(20)29-17/h13-14,30H,2-12H2,1H3,(H,28,32)(H,31,35)(H,36,37)(H,38,39). The number of ether oxygens (including phenoxy) is 3. The van der Waals surface area contributed by atoms with Gasteiger partial charge in [-0.15, -0.1) is 0 Å². The molecule has 0 aliphatic heterocycles. The molecule has 2 heterocycles. The highest BCUT2D eigenvalue weighted by molar-refractivity contribution is 6.52. The van der Waals surface area contributed by atoms with Crippen LogP contribution in [0.25, 0.3) is 11.3 Å². The van der Waals surface area contributed by atoms with Gasteiger partial charge in [0.2, 0.25) is 11.7 Å². The number of nitrogens with zero attached hydrogens (tertiary/aromatic N) is 1. The number of carboxylic acid groups (broad SMARTS) is 2. The molecule has 0 unspecified atom stereocenters. The van der Waals surface area contributed by atoms with Gasteiger partial charge in [0.05, 0.1) is 56.5 Å². The van der Waals surface area contributed by atoms with Gasteiger partial charge in [-0.25, -0.2) is 20.1 Å². The van der Waals surface area contributed by atoms with E-state index in [2.05, 4.69) is 20.8 Å². The number of H-pyrrole nitrogens is 1. The normalized spacial score (nSPS) is 12.0. The van der Waals surface area contributed by atoms with Crippen LogP contribution in [0.5, 0.6) is 0 Å². The third-order valence-corrected chi connectivity index (χ3v) is 5.95. The first kappa shape index (κ1) is 33.0. The molecule has 232 valence electrons. The van der Waals surface area contributed by atoms with Crippen molar-refractivity contribution in [3.8, 4) is 11.3 Å². The van der Waals surface area contributed by atoms with Crippen molar-refractivity contribution in [1.82, 2.24) is 20.8 Å². The summed E-state index contributed by atoms with van der Waals surface area (Å²) in [6.07, 6.45) is 2.03. The zero-order chi connectivity index (χ0) is 31.4. The molecule has 5 N–H and O–H groups in total. The molecule has 1 aliphatic rings. The molecule has 0 spiro atoms. The summed E-state index contributed by atoms with van der Waals surface area (Å²) in [7, 11) is 0. The molecule has 2 aromatic rings. The van der Waals surface area contributed by atoms with Crippen LogP contribution in [0.15, 0.2) is 12.1 Å². The Morgan fingerprint density at radius 3 is 2.16 bits per heavy atom. The van der Waals surface area contributed by atoms with Crippen molar-refractivity contribution >= 4 is 35.3 Å². The van der Waals surface area contributed by atoms with Crippen molar-refractivity contribution in [2.75, 3.05) is 52.8 Å². The van der Waals surface area contributed by atoms with Crippen LogP contribution < -0.4 is 10.8 Å². The number of pyridine rings is 1. The van der Waals surface area contributed by atoms with Crippen LogP contribution in [0, 0.1) is 0 Å². The average molecular weight is 605 g/mol. The molecular weight excluding hydrogens is 572 g/mol. The number of carbonyl (C=O) groups is 6. The van der Waals surface area contributed by atoms with E-state index in [0.29, 0.717) is 45.8 Å². The monoisotopic (exact) mass is 604 g/mol. The second-order valence-electron chi connectivity index (χ2n) is 9.09. The van der Waals surface area contributed by atoms with Gasteiger partial charge in [0, 0.05) is 25.1 Å². The van der Waals surface area contributed by atoms with E-state index in [1.165, 1.54) is 0 Å². The molecule has 43 heavy (non-hydrogen) atoms. The van der Waals surface area contributed by atoms with E-state index in [-0.39, 0.29) is 42.5 Å². The topological polar surface area (TPSA) is 233 Å². The zero-order valence-corrected chi connectivity index (χ0v) is 23.4. The van der Waals surface area contributed by atoms with Gasteiger partial charge in [-0.1, -0.05) is 6.92 Å².